The summed E-state index contributed by atoms with van der Waals surface area (Å²) >= 11 is 5.69. The van der Waals surface area contributed by atoms with E-state index in [0.29, 0.717) is 18.2 Å². The quantitative estimate of drug-likeness (QED) is 0.888. The number of nitrogens with one attached hydrogen (secondary N) is 1. The molecule has 1 unspecified atom stereocenters. The van der Waals surface area contributed by atoms with Crippen molar-refractivity contribution in [2.75, 3.05) is 24.5 Å². The predicted molar refractivity (Wildman–Crippen MR) is 77.8 cm³/mol. The molecule has 116 valence electrons. The van der Waals surface area contributed by atoms with Crippen molar-refractivity contribution in [3.63, 3.8) is 0 Å². The summed E-state index contributed by atoms with van der Waals surface area (Å²) in [7, 11) is 0. The highest BCUT2D eigenvalue weighted by molar-refractivity contribution is 6.31. The van der Waals surface area contributed by atoms with Crippen LogP contribution in [0.15, 0.2) is 18.2 Å². The first-order chi connectivity index (χ1) is 9.79. The second kappa shape index (κ2) is 5.06. The van der Waals surface area contributed by atoms with E-state index in [0.717, 1.165) is 13.1 Å². The van der Waals surface area contributed by atoms with Gasteiger partial charge in [0.1, 0.15) is 0 Å². The van der Waals surface area contributed by atoms with Crippen LogP contribution in [0.25, 0.3) is 0 Å². The van der Waals surface area contributed by atoms with E-state index in [4.69, 9.17) is 11.6 Å². The molecule has 1 N–H and O–H groups in total. The molecule has 0 aromatic heterocycles. The summed E-state index contributed by atoms with van der Waals surface area (Å²) in [6.07, 6.45) is -2.02. The molecule has 1 aromatic rings. The van der Waals surface area contributed by atoms with Crippen molar-refractivity contribution < 1.29 is 13.2 Å². The van der Waals surface area contributed by atoms with Gasteiger partial charge in [-0.25, -0.2) is 0 Å². The maximum atomic E-state index is 13.0. The van der Waals surface area contributed by atoms with Crippen molar-refractivity contribution in [3.8, 4) is 0 Å². The van der Waals surface area contributed by atoms with E-state index >= 15 is 0 Å². The summed E-state index contributed by atoms with van der Waals surface area (Å²) in [5, 5.41) is 3.28. The zero-order valence-corrected chi connectivity index (χ0v) is 12.6. The number of anilines is 1. The molecule has 1 saturated carbocycles. The van der Waals surface area contributed by atoms with Crippen LogP contribution in [-0.2, 0) is 6.18 Å². The van der Waals surface area contributed by atoms with Gasteiger partial charge >= 0.3 is 6.18 Å². The van der Waals surface area contributed by atoms with E-state index in [-0.39, 0.29) is 10.6 Å². The van der Waals surface area contributed by atoms with Crippen LogP contribution < -0.4 is 10.2 Å². The Morgan fingerprint density at radius 3 is 2.67 bits per heavy atom. The lowest BCUT2D eigenvalue weighted by atomic mass is 9.92. The summed E-state index contributed by atoms with van der Waals surface area (Å²) in [5.41, 5.74) is -0.163. The second-order valence-corrected chi connectivity index (χ2v) is 6.61. The number of benzene rings is 1. The molecule has 2 fully saturated rings. The van der Waals surface area contributed by atoms with Crippen molar-refractivity contribution in [2.24, 2.45) is 5.92 Å². The van der Waals surface area contributed by atoms with Crippen molar-refractivity contribution in [2.45, 2.75) is 31.5 Å². The topological polar surface area (TPSA) is 15.3 Å². The summed E-state index contributed by atoms with van der Waals surface area (Å²) in [6.45, 7) is 4.40. The fourth-order valence-corrected chi connectivity index (χ4v) is 3.37. The number of rotatable bonds is 2. The first-order valence-electron chi connectivity index (χ1n) is 7.16. The Labute approximate surface area is 127 Å². The zero-order chi connectivity index (χ0) is 15.3. The molecule has 6 heteroatoms. The van der Waals surface area contributed by atoms with Gasteiger partial charge in [-0.15, -0.1) is 0 Å². The number of nitrogens with zero attached hydrogens (tertiary/aromatic N) is 1. The van der Waals surface area contributed by atoms with Gasteiger partial charge < -0.3 is 10.2 Å². The van der Waals surface area contributed by atoms with E-state index in [1.54, 1.807) is 6.07 Å². The van der Waals surface area contributed by atoms with Gasteiger partial charge in [-0.2, -0.15) is 13.2 Å². The van der Waals surface area contributed by atoms with E-state index in [1.165, 1.54) is 25.0 Å². The first kappa shape index (κ1) is 15.0. The minimum atomic E-state index is -4.42. The molecule has 1 saturated heterocycles. The molecule has 2 aliphatic rings. The van der Waals surface area contributed by atoms with Gasteiger partial charge in [0.2, 0.25) is 0 Å². The van der Waals surface area contributed by atoms with Crippen LogP contribution in [0.2, 0.25) is 5.02 Å². The van der Waals surface area contributed by atoms with E-state index in [9.17, 15) is 13.2 Å². The van der Waals surface area contributed by atoms with Crippen LogP contribution in [0, 0.1) is 5.92 Å². The molecule has 0 bridgehead atoms. The van der Waals surface area contributed by atoms with Crippen molar-refractivity contribution in [1.82, 2.24) is 5.32 Å². The first-order valence-corrected chi connectivity index (χ1v) is 7.54. The molecule has 1 aromatic carbocycles. The van der Waals surface area contributed by atoms with Crippen molar-refractivity contribution >= 4 is 17.3 Å². The maximum Gasteiger partial charge on any atom is 0.417 e. The molecule has 21 heavy (non-hydrogen) atoms. The third-order valence-corrected chi connectivity index (χ3v) is 4.86. The lowest BCUT2D eigenvalue weighted by Crippen LogP contribution is -2.60. The Balaban J connectivity index is 1.86. The number of hydrogen-bond acceptors (Lipinski definition) is 2. The third-order valence-electron chi connectivity index (χ3n) is 4.53. The Bertz CT molecular complexity index is 542. The smallest absolute Gasteiger partial charge is 0.368 e. The molecule has 1 heterocycles. The summed E-state index contributed by atoms with van der Waals surface area (Å²) in [4.78, 5) is 2.03. The van der Waals surface area contributed by atoms with E-state index in [1.807, 2.05) is 4.90 Å². The Hall–Kier alpha value is -0.940. The molecular weight excluding hydrogens is 301 g/mol. The Kier molecular flexibility index (Phi) is 3.61. The summed E-state index contributed by atoms with van der Waals surface area (Å²) < 4.78 is 38.9. The molecule has 0 spiro atoms. The normalized spacial score (nSPS) is 27.0. The monoisotopic (exact) mass is 318 g/mol. The minimum Gasteiger partial charge on any atom is -0.368 e. The maximum absolute atomic E-state index is 13.0. The van der Waals surface area contributed by atoms with Crippen LogP contribution in [0.4, 0.5) is 18.9 Å². The van der Waals surface area contributed by atoms with Crippen molar-refractivity contribution in [3.05, 3.63) is 28.8 Å². The average Bonchev–Trinajstić information content (AvgIpc) is 3.22. The second-order valence-electron chi connectivity index (χ2n) is 6.20. The van der Waals surface area contributed by atoms with E-state index < -0.39 is 11.7 Å². The Morgan fingerprint density at radius 1 is 1.33 bits per heavy atom. The molecule has 3 rings (SSSR count). The highest BCUT2D eigenvalue weighted by Gasteiger charge is 2.44. The lowest BCUT2D eigenvalue weighted by Gasteiger charge is -2.43. The molecule has 1 aliphatic carbocycles. The fraction of sp³-hybridized carbons (Fsp3) is 0.600. The standard InChI is InChI=1S/C15H18ClF3N2/c1-14(10-2-3-10)9-21(7-6-20-14)11-4-5-13(16)12(8-11)15(17,18)19/h4-5,8,10,20H,2-3,6-7,9H2,1H3. The molecular formula is C15H18ClF3N2. The number of alkyl halides is 3. The SMILES string of the molecule is CC1(C2CC2)CN(c2ccc(Cl)c(C(F)(F)F)c2)CCN1. The third kappa shape index (κ3) is 2.99. The van der Waals surface area contributed by atoms with Gasteiger partial charge in [0.25, 0.3) is 0 Å². The molecule has 0 radical (unpaired) electrons. The van der Waals surface area contributed by atoms with Gasteiger partial charge in [0, 0.05) is 30.9 Å². The molecule has 1 aliphatic heterocycles. The highest BCUT2D eigenvalue weighted by Crippen LogP contribution is 2.42. The van der Waals surface area contributed by atoms with Gasteiger partial charge in [0.15, 0.2) is 0 Å². The largest absolute Gasteiger partial charge is 0.417 e. The van der Waals surface area contributed by atoms with Gasteiger partial charge in [-0.3, -0.25) is 0 Å². The van der Waals surface area contributed by atoms with Crippen LogP contribution in [0.3, 0.4) is 0 Å². The summed E-state index contributed by atoms with van der Waals surface area (Å²) in [5.74, 6) is 0.634. The van der Waals surface area contributed by atoms with Crippen LogP contribution in [0.5, 0.6) is 0 Å². The van der Waals surface area contributed by atoms with Crippen LogP contribution in [0.1, 0.15) is 25.3 Å². The van der Waals surface area contributed by atoms with Gasteiger partial charge in [0.05, 0.1) is 10.6 Å². The predicted octanol–water partition coefficient (Wildman–Crippen LogP) is 3.94. The van der Waals surface area contributed by atoms with Crippen LogP contribution in [-0.4, -0.2) is 25.2 Å². The lowest BCUT2D eigenvalue weighted by molar-refractivity contribution is -0.137. The minimum absolute atomic E-state index is 0.00369. The Morgan fingerprint density at radius 2 is 2.05 bits per heavy atom. The zero-order valence-electron chi connectivity index (χ0n) is 11.8. The summed E-state index contributed by atoms with van der Waals surface area (Å²) in [6, 6.07) is 4.19. The number of hydrogen-bond donors (Lipinski definition) is 1. The highest BCUT2D eigenvalue weighted by atomic mass is 35.5. The number of piperazine rings is 1. The average molecular weight is 319 g/mol. The van der Waals surface area contributed by atoms with Crippen LogP contribution >= 0.6 is 11.6 Å². The molecule has 0 amide bonds. The number of halogens is 4. The van der Waals surface area contributed by atoms with Crippen molar-refractivity contribution in [1.29, 1.82) is 0 Å². The van der Waals surface area contributed by atoms with E-state index in [2.05, 4.69) is 12.2 Å². The molecule has 2 nitrogen and oxygen atoms in total. The molecule has 1 atom stereocenters. The van der Waals surface area contributed by atoms with Gasteiger partial charge in [-0.1, -0.05) is 11.6 Å². The van der Waals surface area contributed by atoms with Gasteiger partial charge in [-0.05, 0) is 43.9 Å². The fourth-order valence-electron chi connectivity index (χ4n) is 3.15.